The third-order valence-electron chi connectivity index (χ3n) is 2.25. The van der Waals surface area contributed by atoms with Gasteiger partial charge in [0.05, 0.1) is 11.9 Å². The maximum Gasteiger partial charge on any atom is 0.180 e. The first kappa shape index (κ1) is 10.2. The summed E-state index contributed by atoms with van der Waals surface area (Å²) in [6.07, 6.45) is 5.72. The van der Waals surface area contributed by atoms with Crippen LogP contribution in [0.2, 0.25) is 0 Å². The topological polar surface area (TPSA) is 56.7 Å². The maximum absolute atomic E-state index is 5.70. The number of hydrogen-bond acceptors (Lipinski definition) is 4. The molecule has 0 radical (unpaired) electrons. The Hall–Kier alpha value is -1.36. The fourth-order valence-electron chi connectivity index (χ4n) is 1.57. The molecule has 5 heteroatoms. The number of thiazole rings is 1. The predicted molar refractivity (Wildman–Crippen MR) is 61.9 cm³/mol. The zero-order valence-electron chi connectivity index (χ0n) is 8.90. The molecule has 0 aromatic carbocycles. The molecule has 2 N–H and O–H groups in total. The van der Waals surface area contributed by atoms with E-state index in [0.717, 1.165) is 18.5 Å². The third-order valence-corrected chi connectivity index (χ3v) is 3.18. The van der Waals surface area contributed by atoms with E-state index in [1.165, 1.54) is 10.4 Å². The third kappa shape index (κ3) is 2.18. The van der Waals surface area contributed by atoms with Crippen LogP contribution in [0.4, 0.5) is 5.13 Å². The van der Waals surface area contributed by atoms with Gasteiger partial charge in [0, 0.05) is 24.5 Å². The highest BCUT2D eigenvalue weighted by Gasteiger charge is 2.09. The molecular weight excluding hydrogens is 208 g/mol. The van der Waals surface area contributed by atoms with Gasteiger partial charge in [-0.15, -0.1) is 11.3 Å². The average molecular weight is 222 g/mol. The normalized spacial score (nSPS) is 10.8. The molecule has 4 nitrogen and oxygen atoms in total. The molecule has 0 aliphatic rings. The molecule has 0 fully saturated rings. The number of anilines is 1. The molecule has 80 valence electrons. The minimum atomic E-state index is 0.658. The molecular formula is C10H14N4S. The van der Waals surface area contributed by atoms with Gasteiger partial charge in [-0.1, -0.05) is 6.92 Å². The Morgan fingerprint density at radius 3 is 2.93 bits per heavy atom. The lowest BCUT2D eigenvalue weighted by atomic mass is 10.2. The van der Waals surface area contributed by atoms with E-state index in [1.807, 2.05) is 24.1 Å². The highest BCUT2D eigenvalue weighted by atomic mass is 32.1. The van der Waals surface area contributed by atoms with Crippen LogP contribution in [0.25, 0.3) is 0 Å². The van der Waals surface area contributed by atoms with Crippen molar-refractivity contribution in [3.8, 4) is 0 Å². The summed E-state index contributed by atoms with van der Waals surface area (Å²) in [5.41, 5.74) is 8.02. The first-order chi connectivity index (χ1) is 7.19. The van der Waals surface area contributed by atoms with Crippen LogP contribution >= 0.6 is 11.3 Å². The van der Waals surface area contributed by atoms with Crippen molar-refractivity contribution in [1.82, 2.24) is 14.8 Å². The number of hydrogen-bond donors (Lipinski definition) is 1. The first-order valence-corrected chi connectivity index (χ1v) is 5.72. The van der Waals surface area contributed by atoms with Gasteiger partial charge < -0.3 is 5.73 Å². The second kappa shape index (κ2) is 4.02. The van der Waals surface area contributed by atoms with E-state index in [1.54, 1.807) is 11.3 Å². The number of nitrogen functional groups attached to an aromatic ring is 1. The molecule has 0 aliphatic carbocycles. The number of aromatic nitrogens is 3. The van der Waals surface area contributed by atoms with Gasteiger partial charge in [0.2, 0.25) is 0 Å². The van der Waals surface area contributed by atoms with Crippen molar-refractivity contribution in [3.63, 3.8) is 0 Å². The molecule has 0 atom stereocenters. The summed E-state index contributed by atoms with van der Waals surface area (Å²) in [6, 6.07) is 0. The zero-order valence-corrected chi connectivity index (χ0v) is 9.71. The van der Waals surface area contributed by atoms with Crippen molar-refractivity contribution >= 4 is 16.5 Å². The summed E-state index contributed by atoms with van der Waals surface area (Å²) in [5, 5.41) is 4.80. The Bertz CT molecular complexity index is 458. The van der Waals surface area contributed by atoms with E-state index in [9.17, 15) is 0 Å². The Morgan fingerprint density at radius 1 is 1.53 bits per heavy atom. The fraction of sp³-hybridized carbons (Fsp3) is 0.400. The second-order valence-electron chi connectivity index (χ2n) is 3.47. The smallest absolute Gasteiger partial charge is 0.180 e. The SMILES string of the molecule is CCc1nc(N)sc1Cc1cnn(C)c1. The molecule has 2 heterocycles. The monoisotopic (exact) mass is 222 g/mol. The summed E-state index contributed by atoms with van der Waals surface area (Å²) in [6.45, 7) is 2.10. The lowest BCUT2D eigenvalue weighted by Crippen LogP contribution is -1.90. The van der Waals surface area contributed by atoms with Crippen LogP contribution in [0.3, 0.4) is 0 Å². The minimum absolute atomic E-state index is 0.658. The van der Waals surface area contributed by atoms with Gasteiger partial charge in [0.15, 0.2) is 5.13 Å². The minimum Gasteiger partial charge on any atom is -0.375 e. The quantitative estimate of drug-likeness (QED) is 0.858. The molecule has 0 aliphatic heterocycles. The van der Waals surface area contributed by atoms with Crippen LogP contribution in [0.15, 0.2) is 12.4 Å². The van der Waals surface area contributed by atoms with Crippen LogP contribution in [0.1, 0.15) is 23.1 Å². The van der Waals surface area contributed by atoms with E-state index in [-0.39, 0.29) is 0 Å². The Labute approximate surface area is 92.8 Å². The molecule has 0 bridgehead atoms. The number of nitrogens with zero attached hydrogens (tertiary/aromatic N) is 3. The Kier molecular flexibility index (Phi) is 2.73. The molecule has 2 aromatic rings. The second-order valence-corrected chi connectivity index (χ2v) is 4.59. The lowest BCUT2D eigenvalue weighted by Gasteiger charge is -1.96. The summed E-state index contributed by atoms with van der Waals surface area (Å²) >= 11 is 1.57. The van der Waals surface area contributed by atoms with Crippen LogP contribution in [-0.4, -0.2) is 14.8 Å². The van der Waals surface area contributed by atoms with Crippen molar-refractivity contribution in [2.75, 3.05) is 5.73 Å². The highest BCUT2D eigenvalue weighted by molar-refractivity contribution is 7.15. The molecule has 0 saturated carbocycles. The van der Waals surface area contributed by atoms with Crippen molar-refractivity contribution in [1.29, 1.82) is 0 Å². The number of rotatable bonds is 3. The van der Waals surface area contributed by atoms with E-state index >= 15 is 0 Å². The van der Waals surface area contributed by atoms with Crippen molar-refractivity contribution < 1.29 is 0 Å². The van der Waals surface area contributed by atoms with Gasteiger partial charge in [-0.2, -0.15) is 5.10 Å². The van der Waals surface area contributed by atoms with E-state index < -0.39 is 0 Å². The molecule has 0 saturated heterocycles. The van der Waals surface area contributed by atoms with Crippen molar-refractivity contribution in [3.05, 3.63) is 28.5 Å². The van der Waals surface area contributed by atoms with Crippen molar-refractivity contribution in [2.45, 2.75) is 19.8 Å². The highest BCUT2D eigenvalue weighted by Crippen LogP contribution is 2.23. The van der Waals surface area contributed by atoms with Gasteiger partial charge in [-0.3, -0.25) is 4.68 Å². The molecule has 0 unspecified atom stereocenters. The van der Waals surface area contributed by atoms with Gasteiger partial charge >= 0.3 is 0 Å². The molecule has 2 rings (SSSR count). The average Bonchev–Trinajstić information content (AvgIpc) is 2.73. The maximum atomic E-state index is 5.70. The Balaban J connectivity index is 2.23. The summed E-state index contributed by atoms with van der Waals surface area (Å²) in [7, 11) is 1.92. The molecule has 0 amide bonds. The Morgan fingerprint density at radius 2 is 2.33 bits per heavy atom. The van der Waals surface area contributed by atoms with Gasteiger partial charge in [-0.05, 0) is 12.0 Å². The standard InChI is InChI=1S/C10H14N4S/c1-3-8-9(15-10(11)13-8)4-7-5-12-14(2)6-7/h5-6H,3-4H2,1-2H3,(H2,11,13). The van der Waals surface area contributed by atoms with Crippen LogP contribution in [0, 0.1) is 0 Å². The van der Waals surface area contributed by atoms with Crippen LogP contribution < -0.4 is 5.73 Å². The van der Waals surface area contributed by atoms with E-state index in [4.69, 9.17) is 5.73 Å². The summed E-state index contributed by atoms with van der Waals surface area (Å²) in [5.74, 6) is 0. The van der Waals surface area contributed by atoms with E-state index in [2.05, 4.69) is 17.0 Å². The van der Waals surface area contributed by atoms with Gasteiger partial charge in [0.25, 0.3) is 0 Å². The summed E-state index contributed by atoms with van der Waals surface area (Å²) < 4.78 is 1.81. The van der Waals surface area contributed by atoms with Crippen LogP contribution in [-0.2, 0) is 19.9 Å². The molecule has 0 spiro atoms. The van der Waals surface area contributed by atoms with Gasteiger partial charge in [-0.25, -0.2) is 4.98 Å². The molecule has 15 heavy (non-hydrogen) atoms. The van der Waals surface area contributed by atoms with E-state index in [0.29, 0.717) is 5.13 Å². The predicted octanol–water partition coefficient (Wildman–Crippen LogP) is 1.61. The first-order valence-electron chi connectivity index (χ1n) is 4.90. The van der Waals surface area contributed by atoms with Crippen molar-refractivity contribution in [2.24, 2.45) is 7.05 Å². The lowest BCUT2D eigenvalue weighted by molar-refractivity contribution is 0.767. The zero-order chi connectivity index (χ0) is 10.8. The number of nitrogens with two attached hydrogens (primary N) is 1. The summed E-state index contributed by atoms with van der Waals surface area (Å²) in [4.78, 5) is 5.55. The largest absolute Gasteiger partial charge is 0.375 e. The number of aryl methyl sites for hydroxylation is 2. The fourth-order valence-corrected chi connectivity index (χ4v) is 2.52. The molecule has 2 aromatic heterocycles. The van der Waals surface area contributed by atoms with Crippen LogP contribution in [0.5, 0.6) is 0 Å². The van der Waals surface area contributed by atoms with Gasteiger partial charge in [0.1, 0.15) is 0 Å².